The molecule has 0 spiro atoms. The van der Waals surface area contributed by atoms with Crippen molar-refractivity contribution in [1.29, 1.82) is 0 Å². The Hall–Kier alpha value is -1.34. The second-order valence-electron chi connectivity index (χ2n) is 6.01. The molecule has 1 heterocycles. The highest BCUT2D eigenvalue weighted by Gasteiger charge is 2.28. The number of urea groups is 1. The second kappa shape index (κ2) is 8.67. The van der Waals surface area contributed by atoms with Crippen molar-refractivity contribution < 1.29 is 9.59 Å². The Morgan fingerprint density at radius 3 is 2.75 bits per heavy atom. The van der Waals surface area contributed by atoms with E-state index in [1.54, 1.807) is 0 Å². The van der Waals surface area contributed by atoms with Crippen molar-refractivity contribution in [2.24, 2.45) is 0 Å². The normalized spacial score (nSPS) is 20.8. The fourth-order valence-corrected chi connectivity index (χ4v) is 3.05. The third-order valence-electron chi connectivity index (χ3n) is 4.13. The van der Waals surface area contributed by atoms with E-state index in [4.69, 9.17) is 11.6 Å². The molecule has 8 heteroatoms. The molecule has 3 rings (SSSR count). The van der Waals surface area contributed by atoms with Gasteiger partial charge in [0.25, 0.3) is 0 Å². The zero-order valence-electron chi connectivity index (χ0n) is 13.3. The Balaban J connectivity index is 0.00000208. The van der Waals surface area contributed by atoms with Gasteiger partial charge >= 0.3 is 6.03 Å². The van der Waals surface area contributed by atoms with Gasteiger partial charge in [-0.2, -0.15) is 0 Å². The molecular weight excluding hydrogens is 351 g/mol. The lowest BCUT2D eigenvalue weighted by Crippen LogP contribution is -2.51. The molecule has 1 unspecified atom stereocenters. The fraction of sp³-hybridized carbons (Fsp3) is 0.500. The summed E-state index contributed by atoms with van der Waals surface area (Å²) in [5, 5.41) is 9.17. The predicted octanol–water partition coefficient (Wildman–Crippen LogP) is 1.70. The van der Waals surface area contributed by atoms with Gasteiger partial charge in [-0.05, 0) is 24.5 Å². The van der Waals surface area contributed by atoms with E-state index in [9.17, 15) is 9.59 Å². The van der Waals surface area contributed by atoms with Gasteiger partial charge in [0, 0.05) is 36.7 Å². The Morgan fingerprint density at radius 2 is 2.04 bits per heavy atom. The number of nitrogens with zero attached hydrogens (tertiary/aromatic N) is 1. The number of halogens is 2. The molecule has 0 aromatic heterocycles. The molecule has 2 fully saturated rings. The Bertz CT molecular complexity index is 595. The van der Waals surface area contributed by atoms with Crippen LogP contribution in [-0.2, 0) is 4.79 Å². The van der Waals surface area contributed by atoms with Crippen molar-refractivity contribution in [2.75, 3.05) is 26.2 Å². The first-order valence-corrected chi connectivity index (χ1v) is 8.31. The lowest BCUT2D eigenvalue weighted by atomic mass is 10.0. The highest BCUT2D eigenvalue weighted by Crippen LogP contribution is 2.28. The van der Waals surface area contributed by atoms with Crippen molar-refractivity contribution >= 4 is 35.9 Å². The summed E-state index contributed by atoms with van der Waals surface area (Å²) in [6, 6.07) is 7.52. The van der Waals surface area contributed by atoms with E-state index < -0.39 is 6.03 Å². The van der Waals surface area contributed by atoms with Crippen LogP contribution in [0, 0.1) is 0 Å². The first kappa shape index (κ1) is 19.0. The van der Waals surface area contributed by atoms with Crippen molar-refractivity contribution in [1.82, 2.24) is 20.9 Å². The van der Waals surface area contributed by atoms with Crippen LogP contribution in [0.4, 0.5) is 4.79 Å². The summed E-state index contributed by atoms with van der Waals surface area (Å²) in [5.41, 5.74) is 0.997. The molecule has 1 aromatic carbocycles. The monoisotopic (exact) mass is 372 g/mol. The number of imide groups is 1. The van der Waals surface area contributed by atoms with E-state index in [-0.39, 0.29) is 36.9 Å². The van der Waals surface area contributed by atoms with E-state index in [0.717, 1.165) is 38.0 Å². The second-order valence-corrected chi connectivity index (χ2v) is 6.42. The molecule has 6 nitrogen and oxygen atoms in total. The third-order valence-corrected chi connectivity index (χ3v) is 4.47. The Labute approximate surface area is 152 Å². The molecule has 1 saturated heterocycles. The number of benzene rings is 1. The molecule has 2 aliphatic rings. The fourth-order valence-electron chi connectivity index (χ4n) is 2.79. The molecule has 1 atom stereocenters. The number of piperazine rings is 1. The zero-order valence-corrected chi connectivity index (χ0v) is 14.8. The first-order chi connectivity index (χ1) is 11.1. The highest BCUT2D eigenvalue weighted by molar-refractivity contribution is 6.31. The van der Waals surface area contributed by atoms with Crippen LogP contribution in [0.25, 0.3) is 0 Å². The maximum atomic E-state index is 12.1. The van der Waals surface area contributed by atoms with Crippen LogP contribution in [0.2, 0.25) is 5.02 Å². The third kappa shape index (κ3) is 5.08. The quantitative estimate of drug-likeness (QED) is 0.751. The van der Waals surface area contributed by atoms with Crippen molar-refractivity contribution in [3.63, 3.8) is 0 Å². The van der Waals surface area contributed by atoms with Gasteiger partial charge in [-0.25, -0.2) is 4.79 Å². The summed E-state index contributed by atoms with van der Waals surface area (Å²) < 4.78 is 0. The van der Waals surface area contributed by atoms with E-state index in [2.05, 4.69) is 20.9 Å². The van der Waals surface area contributed by atoms with Gasteiger partial charge in [0.1, 0.15) is 0 Å². The van der Waals surface area contributed by atoms with Crippen LogP contribution >= 0.6 is 24.0 Å². The van der Waals surface area contributed by atoms with Crippen LogP contribution in [0.3, 0.4) is 0 Å². The molecule has 1 aliphatic carbocycles. The van der Waals surface area contributed by atoms with Gasteiger partial charge in [-0.1, -0.05) is 29.8 Å². The van der Waals surface area contributed by atoms with Gasteiger partial charge in [0.15, 0.2) is 0 Å². The summed E-state index contributed by atoms with van der Waals surface area (Å²) >= 11 is 6.29. The van der Waals surface area contributed by atoms with E-state index >= 15 is 0 Å². The van der Waals surface area contributed by atoms with E-state index in [0.29, 0.717) is 5.02 Å². The molecule has 1 saturated carbocycles. The molecule has 24 heavy (non-hydrogen) atoms. The average Bonchev–Trinajstić information content (AvgIpc) is 3.32. The number of rotatable bonds is 4. The maximum absolute atomic E-state index is 12.1. The minimum Gasteiger partial charge on any atom is -0.335 e. The van der Waals surface area contributed by atoms with Crippen LogP contribution in [0.15, 0.2) is 24.3 Å². The van der Waals surface area contributed by atoms with Crippen LogP contribution in [-0.4, -0.2) is 49.1 Å². The number of amides is 3. The molecule has 132 valence electrons. The van der Waals surface area contributed by atoms with Gasteiger partial charge in [0.05, 0.1) is 6.54 Å². The first-order valence-electron chi connectivity index (χ1n) is 7.93. The van der Waals surface area contributed by atoms with Gasteiger partial charge < -0.3 is 10.6 Å². The van der Waals surface area contributed by atoms with Gasteiger partial charge in [-0.3, -0.25) is 15.0 Å². The summed E-state index contributed by atoms with van der Waals surface area (Å²) in [7, 11) is 0. The van der Waals surface area contributed by atoms with Crippen LogP contribution in [0.1, 0.15) is 24.4 Å². The molecule has 3 amide bonds. The lowest BCUT2D eigenvalue weighted by Gasteiger charge is -2.36. The molecule has 0 bridgehead atoms. The average molecular weight is 373 g/mol. The number of hydrogen-bond acceptors (Lipinski definition) is 4. The van der Waals surface area contributed by atoms with E-state index in [1.807, 2.05) is 24.3 Å². The zero-order chi connectivity index (χ0) is 16.2. The van der Waals surface area contributed by atoms with Crippen molar-refractivity contribution in [3.8, 4) is 0 Å². The van der Waals surface area contributed by atoms with E-state index in [1.165, 1.54) is 0 Å². The molecule has 3 N–H and O–H groups in total. The largest absolute Gasteiger partial charge is 0.335 e. The standard InChI is InChI=1S/C16H21ClN4O2.ClH/c17-13-4-2-1-3-12(13)14-9-18-7-8-21(14)10-15(22)20-16(23)19-11-5-6-11;/h1-4,11,14,18H,5-10H2,(H2,19,20,22,23);1H. The van der Waals surface area contributed by atoms with Crippen molar-refractivity contribution in [3.05, 3.63) is 34.9 Å². The molecule has 1 aromatic rings. The maximum Gasteiger partial charge on any atom is 0.321 e. The predicted molar refractivity (Wildman–Crippen MR) is 95.6 cm³/mol. The molecule has 1 aliphatic heterocycles. The highest BCUT2D eigenvalue weighted by atomic mass is 35.5. The summed E-state index contributed by atoms with van der Waals surface area (Å²) in [6.45, 7) is 2.44. The lowest BCUT2D eigenvalue weighted by molar-refractivity contribution is -0.122. The summed E-state index contributed by atoms with van der Waals surface area (Å²) in [5.74, 6) is -0.290. The van der Waals surface area contributed by atoms with Gasteiger partial charge in [-0.15, -0.1) is 12.4 Å². The smallest absolute Gasteiger partial charge is 0.321 e. The number of hydrogen-bond donors (Lipinski definition) is 3. The van der Waals surface area contributed by atoms with Crippen LogP contribution in [0.5, 0.6) is 0 Å². The molecule has 0 radical (unpaired) electrons. The Kier molecular flexibility index (Phi) is 6.86. The topological polar surface area (TPSA) is 73.5 Å². The SMILES string of the molecule is Cl.O=C(CN1CCNCC1c1ccccc1Cl)NC(=O)NC1CC1. The van der Waals surface area contributed by atoms with Crippen LogP contribution < -0.4 is 16.0 Å². The minimum atomic E-state index is -0.401. The number of nitrogens with one attached hydrogen (secondary N) is 3. The van der Waals surface area contributed by atoms with Gasteiger partial charge in [0.2, 0.25) is 5.91 Å². The number of carbonyl (C=O) groups excluding carboxylic acids is 2. The molecular formula is C16H22Cl2N4O2. The summed E-state index contributed by atoms with van der Waals surface area (Å²) in [4.78, 5) is 25.8. The minimum absolute atomic E-state index is 0. The summed E-state index contributed by atoms with van der Waals surface area (Å²) in [6.07, 6.45) is 1.99. The Morgan fingerprint density at radius 1 is 1.29 bits per heavy atom. The van der Waals surface area contributed by atoms with Crippen molar-refractivity contribution in [2.45, 2.75) is 24.9 Å². The number of carbonyl (C=O) groups is 2.